The van der Waals surface area contributed by atoms with Gasteiger partial charge in [0.2, 0.25) is 0 Å². The van der Waals surface area contributed by atoms with Gasteiger partial charge in [-0.3, -0.25) is 9.63 Å². The number of aryl methyl sites for hydroxylation is 1. The van der Waals surface area contributed by atoms with E-state index in [0.29, 0.717) is 18.9 Å². The monoisotopic (exact) mass is 216 g/mol. The summed E-state index contributed by atoms with van der Waals surface area (Å²) in [4.78, 5) is 20.1. The first-order valence-corrected chi connectivity index (χ1v) is 4.95. The highest BCUT2D eigenvalue weighted by Gasteiger charge is 2.08. The van der Waals surface area contributed by atoms with Gasteiger partial charge in [0.05, 0.1) is 18.2 Å². The number of nitrogens with one attached hydrogen (secondary N) is 1. The van der Waals surface area contributed by atoms with Crippen molar-refractivity contribution >= 4 is 17.2 Å². The van der Waals surface area contributed by atoms with Gasteiger partial charge in [-0.1, -0.05) is 0 Å². The number of thiazole rings is 1. The van der Waals surface area contributed by atoms with Gasteiger partial charge < -0.3 is 4.74 Å². The zero-order chi connectivity index (χ0) is 10.4. The molecule has 0 aliphatic rings. The minimum absolute atomic E-state index is 0.325. The first kappa shape index (κ1) is 11.1. The Morgan fingerprint density at radius 3 is 3.00 bits per heavy atom. The average Bonchev–Trinajstić information content (AvgIpc) is 2.59. The molecule has 14 heavy (non-hydrogen) atoms. The van der Waals surface area contributed by atoms with Crippen LogP contribution in [0.2, 0.25) is 0 Å². The quantitative estimate of drug-likeness (QED) is 0.583. The van der Waals surface area contributed by atoms with Gasteiger partial charge in [0.15, 0.2) is 0 Å². The molecule has 0 atom stereocenters. The summed E-state index contributed by atoms with van der Waals surface area (Å²) in [7, 11) is 1.56. The second-order valence-corrected chi connectivity index (χ2v) is 3.59. The van der Waals surface area contributed by atoms with Gasteiger partial charge in [-0.15, -0.1) is 11.3 Å². The third kappa shape index (κ3) is 3.41. The standard InChI is InChI=1S/C8H12N2O3S/c1-6-9-7(5-14-6)8(11)10-13-4-3-12-2/h5H,3-4H2,1-2H3,(H,10,11). The van der Waals surface area contributed by atoms with E-state index in [0.717, 1.165) is 5.01 Å². The van der Waals surface area contributed by atoms with E-state index in [4.69, 9.17) is 9.57 Å². The lowest BCUT2D eigenvalue weighted by Gasteiger charge is -2.02. The Hall–Kier alpha value is -0.980. The zero-order valence-corrected chi connectivity index (χ0v) is 8.89. The molecule has 1 heterocycles. The van der Waals surface area contributed by atoms with Gasteiger partial charge >= 0.3 is 0 Å². The molecule has 0 aliphatic heterocycles. The molecule has 5 nitrogen and oxygen atoms in total. The third-order valence-corrected chi connectivity index (χ3v) is 2.18. The molecule has 0 aromatic carbocycles. The van der Waals surface area contributed by atoms with Crippen LogP contribution in [0.25, 0.3) is 0 Å². The fraction of sp³-hybridized carbons (Fsp3) is 0.500. The molecule has 78 valence electrons. The number of hydroxylamine groups is 1. The van der Waals surface area contributed by atoms with E-state index in [-0.39, 0.29) is 5.91 Å². The van der Waals surface area contributed by atoms with Crippen LogP contribution in [0.3, 0.4) is 0 Å². The summed E-state index contributed by atoms with van der Waals surface area (Å²) in [6.07, 6.45) is 0. The Bertz CT molecular complexity index is 301. The SMILES string of the molecule is COCCONC(=O)c1csc(C)n1. The van der Waals surface area contributed by atoms with Gasteiger partial charge in [-0.25, -0.2) is 10.5 Å². The fourth-order valence-corrected chi connectivity index (χ4v) is 1.35. The lowest BCUT2D eigenvalue weighted by Crippen LogP contribution is -2.25. The van der Waals surface area contributed by atoms with Crippen molar-refractivity contribution in [2.24, 2.45) is 0 Å². The molecule has 0 aliphatic carbocycles. The van der Waals surface area contributed by atoms with Gasteiger partial charge in [0, 0.05) is 12.5 Å². The summed E-state index contributed by atoms with van der Waals surface area (Å²) in [5.41, 5.74) is 2.65. The van der Waals surface area contributed by atoms with Gasteiger partial charge in [-0.05, 0) is 6.92 Å². The minimum Gasteiger partial charge on any atom is -0.382 e. The molecule has 1 rings (SSSR count). The maximum Gasteiger partial charge on any atom is 0.294 e. The molecule has 0 bridgehead atoms. The van der Waals surface area contributed by atoms with Crippen LogP contribution in [-0.2, 0) is 9.57 Å². The Kier molecular flexibility index (Phi) is 4.51. The first-order chi connectivity index (χ1) is 6.74. The van der Waals surface area contributed by atoms with E-state index < -0.39 is 0 Å². The van der Waals surface area contributed by atoms with Crippen molar-refractivity contribution in [3.63, 3.8) is 0 Å². The van der Waals surface area contributed by atoms with Crippen LogP contribution in [0.15, 0.2) is 5.38 Å². The van der Waals surface area contributed by atoms with Crippen molar-refractivity contribution in [1.82, 2.24) is 10.5 Å². The molecule has 0 fully saturated rings. The van der Waals surface area contributed by atoms with Crippen LogP contribution < -0.4 is 5.48 Å². The van der Waals surface area contributed by atoms with E-state index in [9.17, 15) is 4.79 Å². The molecule has 0 saturated heterocycles. The lowest BCUT2D eigenvalue weighted by atomic mass is 10.5. The number of nitrogens with zero attached hydrogens (tertiary/aromatic N) is 1. The molecular formula is C8H12N2O3S. The summed E-state index contributed by atoms with van der Waals surface area (Å²) in [5, 5.41) is 2.54. The minimum atomic E-state index is -0.328. The number of hydrogen-bond acceptors (Lipinski definition) is 5. The van der Waals surface area contributed by atoms with Crippen molar-refractivity contribution in [2.45, 2.75) is 6.92 Å². The maximum atomic E-state index is 11.3. The normalized spacial score (nSPS) is 10.1. The topological polar surface area (TPSA) is 60.5 Å². The zero-order valence-electron chi connectivity index (χ0n) is 8.07. The van der Waals surface area contributed by atoms with Crippen molar-refractivity contribution < 1.29 is 14.4 Å². The first-order valence-electron chi connectivity index (χ1n) is 4.07. The predicted octanol–water partition coefficient (Wildman–Crippen LogP) is 0.759. The van der Waals surface area contributed by atoms with Crippen LogP contribution in [0, 0.1) is 6.92 Å². The number of methoxy groups -OCH3 is 1. The summed E-state index contributed by atoms with van der Waals surface area (Å²) in [6, 6.07) is 0. The number of hydrogen-bond donors (Lipinski definition) is 1. The van der Waals surface area contributed by atoms with E-state index >= 15 is 0 Å². The van der Waals surface area contributed by atoms with E-state index in [1.54, 1.807) is 12.5 Å². The molecular weight excluding hydrogens is 204 g/mol. The Morgan fingerprint density at radius 2 is 2.43 bits per heavy atom. The molecule has 1 amide bonds. The van der Waals surface area contributed by atoms with Gasteiger partial charge in [0.25, 0.3) is 5.91 Å². The summed E-state index contributed by atoms with van der Waals surface area (Å²) in [5.74, 6) is -0.328. The number of amides is 1. The fourth-order valence-electron chi connectivity index (χ4n) is 0.762. The number of carbonyl (C=O) groups is 1. The van der Waals surface area contributed by atoms with Crippen molar-refractivity contribution in [1.29, 1.82) is 0 Å². The van der Waals surface area contributed by atoms with Gasteiger partial charge in [-0.2, -0.15) is 0 Å². The van der Waals surface area contributed by atoms with Gasteiger partial charge in [0.1, 0.15) is 5.69 Å². The third-order valence-electron chi connectivity index (χ3n) is 1.41. The van der Waals surface area contributed by atoms with Crippen LogP contribution in [0.5, 0.6) is 0 Å². The van der Waals surface area contributed by atoms with E-state index in [1.165, 1.54) is 11.3 Å². The largest absolute Gasteiger partial charge is 0.382 e. The number of aromatic nitrogens is 1. The summed E-state index contributed by atoms with van der Waals surface area (Å²) < 4.78 is 4.74. The summed E-state index contributed by atoms with van der Waals surface area (Å²) in [6.45, 7) is 2.61. The number of carbonyl (C=O) groups excluding carboxylic acids is 1. The summed E-state index contributed by atoms with van der Waals surface area (Å²) >= 11 is 1.42. The highest BCUT2D eigenvalue weighted by molar-refractivity contribution is 7.09. The highest BCUT2D eigenvalue weighted by atomic mass is 32.1. The van der Waals surface area contributed by atoms with Crippen molar-refractivity contribution in [3.05, 3.63) is 16.1 Å². The van der Waals surface area contributed by atoms with Crippen LogP contribution in [0.1, 0.15) is 15.5 Å². The predicted molar refractivity (Wildman–Crippen MR) is 52.1 cm³/mol. The average molecular weight is 216 g/mol. The van der Waals surface area contributed by atoms with E-state index in [1.807, 2.05) is 6.92 Å². The Balaban J connectivity index is 2.29. The maximum absolute atomic E-state index is 11.3. The molecule has 6 heteroatoms. The second kappa shape index (κ2) is 5.69. The van der Waals surface area contributed by atoms with Crippen LogP contribution >= 0.6 is 11.3 Å². The second-order valence-electron chi connectivity index (χ2n) is 2.52. The lowest BCUT2D eigenvalue weighted by molar-refractivity contribution is 0.00861. The molecule has 0 radical (unpaired) electrons. The number of rotatable bonds is 5. The van der Waals surface area contributed by atoms with Crippen molar-refractivity contribution in [3.8, 4) is 0 Å². The molecule has 1 aromatic rings. The Morgan fingerprint density at radius 1 is 1.64 bits per heavy atom. The van der Waals surface area contributed by atoms with Crippen molar-refractivity contribution in [2.75, 3.05) is 20.3 Å². The molecule has 0 spiro atoms. The number of ether oxygens (including phenoxy) is 1. The molecule has 0 unspecified atom stereocenters. The smallest absolute Gasteiger partial charge is 0.294 e. The highest BCUT2D eigenvalue weighted by Crippen LogP contribution is 2.07. The Labute approximate surface area is 86.0 Å². The van der Waals surface area contributed by atoms with Crippen LogP contribution in [0.4, 0.5) is 0 Å². The molecule has 1 N–H and O–H groups in total. The van der Waals surface area contributed by atoms with E-state index in [2.05, 4.69) is 10.5 Å². The van der Waals surface area contributed by atoms with Crippen LogP contribution in [-0.4, -0.2) is 31.2 Å². The molecule has 1 aromatic heterocycles. The molecule has 0 saturated carbocycles.